The van der Waals surface area contributed by atoms with Gasteiger partial charge in [0.25, 0.3) is 0 Å². The Hall–Kier alpha value is -2.24. The maximum Gasteiger partial charge on any atom is 0.321 e. The van der Waals surface area contributed by atoms with Crippen molar-refractivity contribution in [3.05, 3.63) is 24.3 Å². The minimum atomic E-state index is -0.139. The molecule has 3 N–H and O–H groups in total. The number of hydrogen-bond acceptors (Lipinski definition) is 3. The molecule has 0 unspecified atom stereocenters. The summed E-state index contributed by atoms with van der Waals surface area (Å²) >= 11 is 0. The summed E-state index contributed by atoms with van der Waals surface area (Å²) < 4.78 is 0. The fourth-order valence-corrected chi connectivity index (χ4v) is 2.20. The lowest BCUT2D eigenvalue weighted by Crippen LogP contribution is -2.38. The number of amides is 3. The van der Waals surface area contributed by atoms with Crippen LogP contribution >= 0.6 is 0 Å². The molecule has 0 radical (unpaired) electrons. The Morgan fingerprint density at radius 1 is 1.05 bits per heavy atom. The van der Waals surface area contributed by atoms with Gasteiger partial charge in [-0.1, -0.05) is 0 Å². The van der Waals surface area contributed by atoms with Gasteiger partial charge >= 0.3 is 6.03 Å². The Bertz CT molecular complexity index is 486. The molecule has 0 spiro atoms. The van der Waals surface area contributed by atoms with Crippen molar-refractivity contribution >= 4 is 23.3 Å². The third-order valence-corrected chi connectivity index (χ3v) is 3.39. The molecule has 1 aromatic carbocycles. The van der Waals surface area contributed by atoms with Crippen molar-refractivity contribution < 1.29 is 9.59 Å². The zero-order valence-electron chi connectivity index (χ0n) is 11.6. The lowest BCUT2D eigenvalue weighted by atomic mass is 10.3. The molecule has 0 aliphatic carbocycles. The number of nitrogens with two attached hydrogens (primary N) is 1. The van der Waals surface area contributed by atoms with Gasteiger partial charge in [0.05, 0.1) is 0 Å². The van der Waals surface area contributed by atoms with Crippen LogP contribution < -0.4 is 11.1 Å². The standard InChI is InChI=1S/C14H20N4O2/c1-11(19)17-7-2-8-18(10-9-17)14(20)16-13-5-3-12(15)4-6-13/h3-6H,2,7-10,15H2,1H3,(H,16,20). The fourth-order valence-electron chi connectivity index (χ4n) is 2.20. The number of hydrogen-bond donors (Lipinski definition) is 2. The summed E-state index contributed by atoms with van der Waals surface area (Å²) in [5.41, 5.74) is 6.99. The van der Waals surface area contributed by atoms with E-state index in [1.165, 1.54) is 0 Å². The second kappa shape index (κ2) is 6.27. The van der Waals surface area contributed by atoms with E-state index in [4.69, 9.17) is 5.73 Å². The third kappa shape index (κ3) is 3.63. The van der Waals surface area contributed by atoms with E-state index in [1.807, 2.05) is 0 Å². The Morgan fingerprint density at radius 2 is 1.65 bits per heavy atom. The Kier molecular flexibility index (Phi) is 4.45. The molecule has 6 heteroatoms. The van der Waals surface area contributed by atoms with Crippen molar-refractivity contribution in [3.63, 3.8) is 0 Å². The van der Waals surface area contributed by atoms with Crippen molar-refractivity contribution in [2.75, 3.05) is 37.2 Å². The monoisotopic (exact) mass is 276 g/mol. The fraction of sp³-hybridized carbons (Fsp3) is 0.429. The van der Waals surface area contributed by atoms with E-state index in [1.54, 1.807) is 41.0 Å². The number of nitrogens with one attached hydrogen (secondary N) is 1. The molecule has 1 saturated heterocycles. The van der Waals surface area contributed by atoms with Crippen molar-refractivity contribution in [3.8, 4) is 0 Å². The summed E-state index contributed by atoms with van der Waals surface area (Å²) in [7, 11) is 0. The largest absolute Gasteiger partial charge is 0.399 e. The highest BCUT2D eigenvalue weighted by atomic mass is 16.2. The molecular weight excluding hydrogens is 256 g/mol. The van der Waals surface area contributed by atoms with Gasteiger partial charge in [0.1, 0.15) is 0 Å². The van der Waals surface area contributed by atoms with Gasteiger partial charge < -0.3 is 20.9 Å². The smallest absolute Gasteiger partial charge is 0.321 e. The summed E-state index contributed by atoms with van der Waals surface area (Å²) in [5, 5.41) is 2.84. The van der Waals surface area contributed by atoms with E-state index in [0.29, 0.717) is 31.9 Å². The molecule has 1 aliphatic heterocycles. The molecule has 0 bridgehead atoms. The van der Waals surface area contributed by atoms with Gasteiger partial charge in [-0.25, -0.2) is 4.79 Å². The van der Waals surface area contributed by atoms with Gasteiger partial charge in [-0.15, -0.1) is 0 Å². The Labute approximate surface area is 118 Å². The lowest BCUT2D eigenvalue weighted by Gasteiger charge is -2.21. The topological polar surface area (TPSA) is 78.7 Å². The zero-order valence-corrected chi connectivity index (χ0v) is 11.6. The lowest BCUT2D eigenvalue weighted by molar-refractivity contribution is -0.128. The van der Waals surface area contributed by atoms with Crippen LogP contribution in [0.1, 0.15) is 13.3 Å². The minimum absolute atomic E-state index is 0.0609. The highest BCUT2D eigenvalue weighted by molar-refractivity contribution is 5.89. The van der Waals surface area contributed by atoms with Crippen molar-refractivity contribution in [1.82, 2.24) is 9.80 Å². The first-order valence-corrected chi connectivity index (χ1v) is 6.73. The van der Waals surface area contributed by atoms with Crippen LogP contribution in [0, 0.1) is 0 Å². The van der Waals surface area contributed by atoms with Crippen LogP contribution in [0.5, 0.6) is 0 Å². The summed E-state index contributed by atoms with van der Waals surface area (Å²) in [6.07, 6.45) is 0.800. The molecule has 108 valence electrons. The normalized spacial score (nSPS) is 15.7. The van der Waals surface area contributed by atoms with Gasteiger partial charge in [-0.2, -0.15) is 0 Å². The number of carbonyl (C=O) groups excluding carboxylic acids is 2. The predicted molar refractivity (Wildman–Crippen MR) is 78.3 cm³/mol. The molecule has 20 heavy (non-hydrogen) atoms. The van der Waals surface area contributed by atoms with E-state index in [9.17, 15) is 9.59 Å². The van der Waals surface area contributed by atoms with Gasteiger partial charge in [0, 0.05) is 44.5 Å². The summed E-state index contributed by atoms with van der Waals surface area (Å²) in [4.78, 5) is 27.0. The SMILES string of the molecule is CC(=O)N1CCCN(C(=O)Nc2ccc(N)cc2)CC1. The quantitative estimate of drug-likeness (QED) is 0.760. The van der Waals surface area contributed by atoms with Crippen LogP contribution in [-0.4, -0.2) is 47.9 Å². The molecule has 2 rings (SSSR count). The summed E-state index contributed by atoms with van der Waals surface area (Å²) in [5.74, 6) is 0.0609. The van der Waals surface area contributed by atoms with Gasteiger partial charge in [-0.3, -0.25) is 4.79 Å². The highest BCUT2D eigenvalue weighted by Gasteiger charge is 2.20. The number of urea groups is 1. The van der Waals surface area contributed by atoms with Gasteiger partial charge in [0.15, 0.2) is 0 Å². The van der Waals surface area contributed by atoms with E-state index in [0.717, 1.165) is 12.1 Å². The molecule has 1 aliphatic rings. The van der Waals surface area contributed by atoms with Crippen molar-refractivity contribution in [1.29, 1.82) is 0 Å². The molecule has 0 saturated carbocycles. The molecule has 0 atom stereocenters. The molecule has 1 fully saturated rings. The Balaban J connectivity index is 1.92. The van der Waals surface area contributed by atoms with E-state index in [2.05, 4.69) is 5.32 Å². The van der Waals surface area contributed by atoms with Gasteiger partial charge in [-0.05, 0) is 30.7 Å². The molecule has 3 amide bonds. The molecular formula is C14H20N4O2. The first kappa shape index (κ1) is 14.2. The average molecular weight is 276 g/mol. The number of nitrogens with zero attached hydrogens (tertiary/aromatic N) is 2. The number of rotatable bonds is 1. The average Bonchev–Trinajstić information content (AvgIpc) is 2.67. The first-order valence-electron chi connectivity index (χ1n) is 6.73. The first-order chi connectivity index (χ1) is 9.56. The summed E-state index contributed by atoms with van der Waals surface area (Å²) in [6.45, 7) is 4.07. The van der Waals surface area contributed by atoms with Crippen molar-refractivity contribution in [2.45, 2.75) is 13.3 Å². The van der Waals surface area contributed by atoms with Crippen LogP contribution in [0.3, 0.4) is 0 Å². The molecule has 0 aromatic heterocycles. The minimum Gasteiger partial charge on any atom is -0.399 e. The number of carbonyl (C=O) groups is 2. The number of nitrogen functional groups attached to an aromatic ring is 1. The van der Waals surface area contributed by atoms with Crippen LogP contribution in [0.2, 0.25) is 0 Å². The van der Waals surface area contributed by atoms with Crippen LogP contribution in [-0.2, 0) is 4.79 Å². The predicted octanol–water partition coefficient (Wildman–Crippen LogP) is 1.35. The van der Waals surface area contributed by atoms with Crippen LogP contribution in [0.25, 0.3) is 0 Å². The molecule has 6 nitrogen and oxygen atoms in total. The van der Waals surface area contributed by atoms with E-state index in [-0.39, 0.29) is 11.9 Å². The van der Waals surface area contributed by atoms with Gasteiger partial charge in [0.2, 0.25) is 5.91 Å². The number of anilines is 2. The molecule has 1 aromatic rings. The second-order valence-electron chi connectivity index (χ2n) is 4.90. The number of benzene rings is 1. The Morgan fingerprint density at radius 3 is 2.30 bits per heavy atom. The van der Waals surface area contributed by atoms with E-state index >= 15 is 0 Å². The van der Waals surface area contributed by atoms with E-state index < -0.39 is 0 Å². The second-order valence-corrected chi connectivity index (χ2v) is 4.90. The molecule has 1 heterocycles. The summed E-state index contributed by atoms with van der Waals surface area (Å²) in [6, 6.07) is 6.89. The zero-order chi connectivity index (χ0) is 14.5. The maximum atomic E-state index is 12.2. The van der Waals surface area contributed by atoms with Crippen LogP contribution in [0.15, 0.2) is 24.3 Å². The third-order valence-electron chi connectivity index (χ3n) is 3.39. The highest BCUT2D eigenvalue weighted by Crippen LogP contribution is 2.12. The maximum absolute atomic E-state index is 12.2. The van der Waals surface area contributed by atoms with Crippen molar-refractivity contribution in [2.24, 2.45) is 0 Å². The van der Waals surface area contributed by atoms with Crippen LogP contribution in [0.4, 0.5) is 16.2 Å².